The number of carboxylic acid groups (broad SMARTS) is 1. The highest BCUT2D eigenvalue weighted by atomic mass is 35.5. The Labute approximate surface area is 230 Å². The van der Waals surface area contributed by atoms with E-state index in [-0.39, 0.29) is 11.8 Å². The average Bonchev–Trinajstić information content (AvgIpc) is 2.87. The number of aryl methyl sites for hydroxylation is 2. The van der Waals surface area contributed by atoms with Gasteiger partial charge in [0.2, 0.25) is 0 Å². The molecule has 0 unspecified atom stereocenters. The molecular formula is C30H37ClN4O3. The Morgan fingerprint density at radius 1 is 1.13 bits per heavy atom. The highest BCUT2D eigenvalue weighted by Crippen LogP contribution is 2.39. The van der Waals surface area contributed by atoms with Crippen LogP contribution in [0.4, 0.5) is 11.4 Å². The van der Waals surface area contributed by atoms with Crippen LogP contribution in [-0.2, 0) is 11.2 Å². The molecule has 0 bridgehead atoms. The predicted octanol–water partition coefficient (Wildman–Crippen LogP) is 6.18. The van der Waals surface area contributed by atoms with E-state index in [1.807, 2.05) is 63.6 Å². The smallest absolute Gasteiger partial charge is 0.307 e. The molecule has 1 N–H and O–H groups in total. The summed E-state index contributed by atoms with van der Waals surface area (Å²) < 4.78 is 5.95. The van der Waals surface area contributed by atoms with Gasteiger partial charge in [-0.3, -0.25) is 14.8 Å². The number of hydrogen-bond donors (Lipinski definition) is 1. The van der Waals surface area contributed by atoms with Crippen molar-refractivity contribution in [2.24, 2.45) is 5.41 Å². The first-order valence-corrected chi connectivity index (χ1v) is 13.4. The fourth-order valence-electron chi connectivity index (χ4n) is 4.87. The molecule has 202 valence electrons. The van der Waals surface area contributed by atoms with Gasteiger partial charge in [0.05, 0.1) is 41.3 Å². The van der Waals surface area contributed by atoms with Crippen molar-refractivity contribution in [3.63, 3.8) is 0 Å². The summed E-state index contributed by atoms with van der Waals surface area (Å²) in [5, 5.41) is 10.3. The van der Waals surface area contributed by atoms with E-state index in [4.69, 9.17) is 21.3 Å². The van der Waals surface area contributed by atoms with Gasteiger partial charge in [-0.15, -0.1) is 0 Å². The lowest BCUT2D eigenvalue weighted by atomic mass is 9.82. The number of hydrogen-bond acceptors (Lipinski definition) is 6. The van der Waals surface area contributed by atoms with E-state index in [0.29, 0.717) is 23.9 Å². The number of piperidine rings is 1. The van der Waals surface area contributed by atoms with Gasteiger partial charge in [-0.1, -0.05) is 37.6 Å². The normalized spacial score (nSPS) is 14.8. The maximum Gasteiger partial charge on any atom is 0.307 e. The van der Waals surface area contributed by atoms with Gasteiger partial charge < -0.3 is 19.6 Å². The number of para-hydroxylation sites is 1. The number of benzene rings is 1. The lowest BCUT2D eigenvalue weighted by Gasteiger charge is -2.40. The molecule has 2 aromatic heterocycles. The molecule has 1 aliphatic rings. The van der Waals surface area contributed by atoms with Gasteiger partial charge in [-0.2, -0.15) is 0 Å². The van der Waals surface area contributed by atoms with Crippen LogP contribution in [0, 0.1) is 19.3 Å². The van der Waals surface area contributed by atoms with Crippen LogP contribution in [0.25, 0.3) is 11.3 Å². The molecule has 7 nitrogen and oxygen atoms in total. The Morgan fingerprint density at radius 2 is 1.87 bits per heavy atom. The van der Waals surface area contributed by atoms with Crippen molar-refractivity contribution >= 4 is 28.9 Å². The fraction of sp³-hybridized carbons (Fsp3) is 0.433. The van der Waals surface area contributed by atoms with Crippen molar-refractivity contribution in [1.82, 2.24) is 9.97 Å². The quantitative estimate of drug-likeness (QED) is 0.349. The second kappa shape index (κ2) is 11.6. The molecule has 8 heteroatoms. The maximum absolute atomic E-state index is 11.8. The SMILES string of the molecule is Cc1cccc(Cl)c1OCCN(C)c1ccc(-c2cnc(C)c(CC(=O)O)c2N2CCC(C)(C)CC2)nc1. The third-order valence-electron chi connectivity index (χ3n) is 7.43. The molecule has 1 fully saturated rings. The third kappa shape index (κ3) is 6.38. The van der Waals surface area contributed by atoms with E-state index < -0.39 is 5.97 Å². The Kier molecular flexibility index (Phi) is 8.46. The van der Waals surface area contributed by atoms with Crippen LogP contribution in [0.1, 0.15) is 43.5 Å². The highest BCUT2D eigenvalue weighted by molar-refractivity contribution is 6.32. The van der Waals surface area contributed by atoms with Crippen LogP contribution in [0.15, 0.2) is 42.7 Å². The number of anilines is 2. The second-order valence-corrected chi connectivity index (χ2v) is 11.3. The summed E-state index contributed by atoms with van der Waals surface area (Å²) in [6.45, 7) is 11.3. The van der Waals surface area contributed by atoms with Crippen LogP contribution in [0.3, 0.4) is 0 Å². The fourth-order valence-corrected chi connectivity index (χ4v) is 5.14. The minimum atomic E-state index is -0.857. The van der Waals surface area contributed by atoms with Crippen LogP contribution in [0.2, 0.25) is 5.02 Å². The third-order valence-corrected chi connectivity index (χ3v) is 7.73. The van der Waals surface area contributed by atoms with Crippen molar-refractivity contribution in [3.8, 4) is 17.0 Å². The lowest BCUT2D eigenvalue weighted by Crippen LogP contribution is -2.38. The molecule has 0 radical (unpaired) electrons. The number of carbonyl (C=O) groups is 1. The summed E-state index contributed by atoms with van der Waals surface area (Å²) >= 11 is 6.28. The number of halogens is 1. The Morgan fingerprint density at radius 3 is 2.50 bits per heavy atom. The maximum atomic E-state index is 11.8. The van der Waals surface area contributed by atoms with E-state index in [2.05, 4.69) is 28.6 Å². The van der Waals surface area contributed by atoms with E-state index in [1.165, 1.54) is 0 Å². The minimum absolute atomic E-state index is 0.0619. The van der Waals surface area contributed by atoms with Crippen molar-refractivity contribution in [1.29, 1.82) is 0 Å². The highest BCUT2D eigenvalue weighted by Gasteiger charge is 2.29. The zero-order chi connectivity index (χ0) is 27.4. The first-order valence-electron chi connectivity index (χ1n) is 13.1. The molecule has 3 aromatic rings. The molecule has 0 atom stereocenters. The lowest BCUT2D eigenvalue weighted by molar-refractivity contribution is -0.136. The number of aliphatic carboxylic acids is 1. The number of rotatable bonds is 9. The largest absolute Gasteiger partial charge is 0.490 e. The Hall–Kier alpha value is -3.32. The molecular weight excluding hydrogens is 500 g/mol. The van der Waals surface area contributed by atoms with Gasteiger partial charge in [0.25, 0.3) is 0 Å². The molecule has 38 heavy (non-hydrogen) atoms. The zero-order valence-electron chi connectivity index (χ0n) is 22.9. The van der Waals surface area contributed by atoms with E-state index >= 15 is 0 Å². The Bertz CT molecular complexity index is 1260. The number of carboxylic acids is 1. The van der Waals surface area contributed by atoms with E-state index in [0.717, 1.165) is 65.4 Å². The second-order valence-electron chi connectivity index (χ2n) is 10.9. The number of aromatic nitrogens is 2. The summed E-state index contributed by atoms with van der Waals surface area (Å²) in [6, 6.07) is 9.74. The summed E-state index contributed by atoms with van der Waals surface area (Å²) in [4.78, 5) is 25.5. The summed E-state index contributed by atoms with van der Waals surface area (Å²) in [5.41, 5.74) is 6.37. The van der Waals surface area contributed by atoms with Gasteiger partial charge in [-0.05, 0) is 55.9 Å². The molecule has 0 spiro atoms. The first kappa shape index (κ1) is 27.7. The summed E-state index contributed by atoms with van der Waals surface area (Å²) in [7, 11) is 2.00. The molecule has 1 saturated heterocycles. The van der Waals surface area contributed by atoms with E-state index in [1.54, 1.807) is 0 Å². The predicted molar refractivity (Wildman–Crippen MR) is 154 cm³/mol. The molecule has 1 aromatic carbocycles. The van der Waals surface area contributed by atoms with Gasteiger partial charge in [0, 0.05) is 43.2 Å². The van der Waals surface area contributed by atoms with Gasteiger partial charge in [0.1, 0.15) is 12.4 Å². The van der Waals surface area contributed by atoms with Crippen molar-refractivity contribution in [2.45, 2.75) is 47.0 Å². The van der Waals surface area contributed by atoms with Gasteiger partial charge >= 0.3 is 5.97 Å². The minimum Gasteiger partial charge on any atom is -0.490 e. The molecule has 0 saturated carbocycles. The summed E-state index contributed by atoms with van der Waals surface area (Å²) in [6.07, 6.45) is 5.71. The topological polar surface area (TPSA) is 78.8 Å². The Balaban J connectivity index is 1.55. The molecule has 4 rings (SSSR count). The van der Waals surface area contributed by atoms with Crippen molar-refractivity contribution < 1.29 is 14.6 Å². The van der Waals surface area contributed by atoms with Crippen LogP contribution in [0.5, 0.6) is 5.75 Å². The average molecular weight is 537 g/mol. The van der Waals surface area contributed by atoms with E-state index in [9.17, 15) is 9.90 Å². The van der Waals surface area contributed by atoms with Crippen LogP contribution < -0.4 is 14.5 Å². The molecule has 1 aliphatic heterocycles. The summed E-state index contributed by atoms with van der Waals surface area (Å²) in [5.74, 6) is -0.140. The van der Waals surface area contributed by atoms with Crippen LogP contribution in [-0.4, -0.2) is 54.3 Å². The number of nitrogens with zero attached hydrogens (tertiary/aromatic N) is 4. The monoisotopic (exact) mass is 536 g/mol. The number of ether oxygens (including phenoxy) is 1. The van der Waals surface area contributed by atoms with Gasteiger partial charge in [0.15, 0.2) is 0 Å². The van der Waals surface area contributed by atoms with Crippen molar-refractivity contribution in [3.05, 3.63) is 64.6 Å². The molecule has 3 heterocycles. The number of likely N-dealkylation sites (N-methyl/N-ethyl adjacent to an activating group) is 1. The van der Waals surface area contributed by atoms with Crippen molar-refractivity contribution in [2.75, 3.05) is 43.1 Å². The standard InChI is InChI=1S/C30H37ClN4O3/c1-20-7-6-8-25(31)29(20)38-16-15-34(5)22-9-10-26(33-18-22)24-19-32-21(2)23(17-27(36)37)28(24)35-13-11-30(3,4)12-14-35/h6-10,18-19H,11-17H2,1-5H3,(H,36,37). The first-order chi connectivity index (χ1) is 18.1. The molecule has 0 aliphatic carbocycles. The molecule has 0 amide bonds. The van der Waals surface area contributed by atoms with Gasteiger partial charge in [-0.25, -0.2) is 0 Å². The number of pyridine rings is 2. The van der Waals surface area contributed by atoms with Crippen LogP contribution >= 0.6 is 11.6 Å². The zero-order valence-corrected chi connectivity index (χ0v) is 23.7.